The van der Waals surface area contributed by atoms with E-state index in [1.807, 2.05) is 55.1 Å². The lowest BCUT2D eigenvalue weighted by atomic mass is 10.1. The topological polar surface area (TPSA) is 100 Å². The van der Waals surface area contributed by atoms with Crippen molar-refractivity contribution in [3.63, 3.8) is 0 Å². The molecular weight excluding hydrogens is 400 g/mol. The average Bonchev–Trinajstić information content (AvgIpc) is 3.29. The number of amides is 3. The van der Waals surface area contributed by atoms with Gasteiger partial charge in [0.25, 0.3) is 5.91 Å². The minimum Gasteiger partial charge on any atom is -0.468 e. The van der Waals surface area contributed by atoms with Gasteiger partial charge in [-0.15, -0.1) is 0 Å². The molecule has 2 atom stereocenters. The Morgan fingerprint density at radius 1 is 1.16 bits per heavy atom. The molecule has 3 heterocycles. The van der Waals surface area contributed by atoms with Crippen LogP contribution in [0.4, 0.5) is 4.79 Å². The number of carbonyl (C=O) groups is 3. The Hall–Kier alpha value is -3.69. The van der Waals surface area contributed by atoms with Gasteiger partial charge in [-0.05, 0) is 25.5 Å². The van der Waals surface area contributed by atoms with Gasteiger partial charge in [-0.3, -0.25) is 14.5 Å². The lowest BCUT2D eigenvalue weighted by molar-refractivity contribution is -0.149. The van der Waals surface area contributed by atoms with Crippen LogP contribution in [-0.2, 0) is 20.9 Å². The summed E-state index contributed by atoms with van der Waals surface area (Å²) < 4.78 is 6.36. The second-order valence-corrected chi connectivity index (χ2v) is 7.63. The van der Waals surface area contributed by atoms with Crippen LogP contribution in [0.15, 0.2) is 41.4 Å². The quantitative estimate of drug-likeness (QED) is 0.679. The molecule has 2 aliphatic rings. The monoisotopic (exact) mass is 424 g/mol. The highest BCUT2D eigenvalue weighted by Crippen LogP contribution is 2.30. The second kappa shape index (κ2) is 7.86. The number of fused-ring (bicyclic) bond motifs is 1. The van der Waals surface area contributed by atoms with E-state index in [0.717, 1.165) is 21.9 Å². The molecule has 2 unspecified atom stereocenters. The molecule has 10 nitrogen and oxygen atoms in total. The van der Waals surface area contributed by atoms with Crippen LogP contribution in [0.5, 0.6) is 0 Å². The summed E-state index contributed by atoms with van der Waals surface area (Å²) in [5.74, 6) is -0.673. The van der Waals surface area contributed by atoms with Gasteiger partial charge in [0.1, 0.15) is 6.54 Å². The number of aryl methyl sites for hydroxylation is 2. The predicted octanol–water partition coefficient (Wildman–Crippen LogP) is 0.982. The van der Waals surface area contributed by atoms with Gasteiger partial charge in [0.05, 0.1) is 12.8 Å². The van der Waals surface area contributed by atoms with Crippen molar-refractivity contribution in [2.45, 2.75) is 32.6 Å². The zero-order valence-corrected chi connectivity index (χ0v) is 17.8. The Labute approximate surface area is 179 Å². The molecule has 1 fully saturated rings. The van der Waals surface area contributed by atoms with Crippen LogP contribution in [0.1, 0.15) is 17.0 Å². The van der Waals surface area contributed by atoms with Crippen LogP contribution < -0.4 is 0 Å². The molecule has 162 valence electrons. The third kappa shape index (κ3) is 3.54. The molecule has 0 N–H and O–H groups in total. The predicted molar refractivity (Wildman–Crippen MR) is 111 cm³/mol. The number of rotatable bonds is 4. The van der Waals surface area contributed by atoms with Crippen molar-refractivity contribution in [1.82, 2.24) is 24.5 Å². The minimum absolute atomic E-state index is 0.388. The van der Waals surface area contributed by atoms with Gasteiger partial charge in [-0.2, -0.15) is 5.10 Å². The van der Waals surface area contributed by atoms with E-state index in [2.05, 4.69) is 9.84 Å². The van der Waals surface area contributed by atoms with Crippen LogP contribution in [0, 0.1) is 13.8 Å². The van der Waals surface area contributed by atoms with Crippen molar-refractivity contribution in [2.24, 2.45) is 4.99 Å². The number of hydrogen-bond acceptors (Lipinski definition) is 7. The largest absolute Gasteiger partial charge is 0.468 e. The molecule has 0 aliphatic carbocycles. The molecule has 4 rings (SSSR count). The zero-order valence-electron chi connectivity index (χ0n) is 17.8. The summed E-state index contributed by atoms with van der Waals surface area (Å²) in [6, 6.07) is 10.2. The average molecular weight is 424 g/mol. The Morgan fingerprint density at radius 3 is 2.48 bits per heavy atom. The molecule has 3 amide bonds. The second-order valence-electron chi connectivity index (χ2n) is 7.63. The first kappa shape index (κ1) is 20.6. The van der Waals surface area contributed by atoms with E-state index in [0.29, 0.717) is 12.5 Å². The van der Waals surface area contributed by atoms with Crippen LogP contribution in [0.3, 0.4) is 0 Å². The number of aliphatic imine (C=N–C) groups is 1. The number of benzene rings is 1. The molecule has 0 radical (unpaired) electrons. The summed E-state index contributed by atoms with van der Waals surface area (Å²) in [6.45, 7) is 3.73. The molecule has 0 spiro atoms. The number of nitrogens with zero attached hydrogens (tertiary/aromatic N) is 6. The van der Waals surface area contributed by atoms with E-state index in [1.54, 1.807) is 11.7 Å². The van der Waals surface area contributed by atoms with Gasteiger partial charge in [0.2, 0.25) is 5.96 Å². The van der Waals surface area contributed by atoms with E-state index in [4.69, 9.17) is 4.99 Å². The van der Waals surface area contributed by atoms with Crippen molar-refractivity contribution < 1.29 is 19.1 Å². The van der Waals surface area contributed by atoms with E-state index in [1.165, 1.54) is 12.0 Å². The van der Waals surface area contributed by atoms with Gasteiger partial charge in [0, 0.05) is 19.3 Å². The lowest BCUT2D eigenvalue weighted by Crippen LogP contribution is -2.65. The van der Waals surface area contributed by atoms with Crippen LogP contribution >= 0.6 is 0 Å². The number of urea groups is 1. The van der Waals surface area contributed by atoms with Gasteiger partial charge >= 0.3 is 12.0 Å². The third-order valence-electron chi connectivity index (χ3n) is 5.48. The first-order chi connectivity index (χ1) is 14.8. The Morgan fingerprint density at radius 2 is 1.87 bits per heavy atom. The van der Waals surface area contributed by atoms with Crippen LogP contribution in [0.25, 0.3) is 0 Å². The van der Waals surface area contributed by atoms with E-state index in [-0.39, 0.29) is 0 Å². The SMILES string of the molecule is COC(=O)CN1C(=O)C2C(N=C(n3nc(C)cc3C)N2Cc2ccccc2)N(C)C1=O. The maximum atomic E-state index is 13.4. The molecular formula is C21H24N6O4. The number of methoxy groups -OCH3 is 1. The fourth-order valence-corrected chi connectivity index (χ4v) is 3.96. The highest BCUT2D eigenvalue weighted by Gasteiger charge is 2.53. The molecule has 1 saturated heterocycles. The summed E-state index contributed by atoms with van der Waals surface area (Å²) in [4.78, 5) is 46.9. The molecule has 2 aromatic rings. The Balaban J connectivity index is 1.77. The number of hydrogen-bond donors (Lipinski definition) is 0. The van der Waals surface area contributed by atoms with Crippen LogP contribution in [-0.4, -0.2) is 81.3 Å². The minimum atomic E-state index is -0.786. The normalized spacial score (nSPS) is 20.8. The molecule has 2 aliphatic heterocycles. The third-order valence-corrected chi connectivity index (χ3v) is 5.48. The summed E-state index contributed by atoms with van der Waals surface area (Å²) in [5.41, 5.74) is 2.66. The van der Waals surface area contributed by atoms with Crippen molar-refractivity contribution in [3.8, 4) is 0 Å². The molecule has 0 saturated carbocycles. The maximum Gasteiger partial charge on any atom is 0.328 e. The van der Waals surface area contributed by atoms with Gasteiger partial charge in [-0.25, -0.2) is 14.5 Å². The highest BCUT2D eigenvalue weighted by molar-refractivity contribution is 6.05. The first-order valence-corrected chi connectivity index (χ1v) is 9.89. The summed E-state index contributed by atoms with van der Waals surface area (Å²) in [7, 11) is 2.79. The molecule has 1 aromatic heterocycles. The summed E-state index contributed by atoms with van der Waals surface area (Å²) in [6.07, 6.45) is -0.725. The van der Waals surface area contributed by atoms with Crippen molar-refractivity contribution in [3.05, 3.63) is 53.3 Å². The number of aromatic nitrogens is 2. The highest BCUT2D eigenvalue weighted by atomic mass is 16.5. The van der Waals surface area contributed by atoms with Gasteiger partial charge in [-0.1, -0.05) is 30.3 Å². The molecule has 10 heteroatoms. The van der Waals surface area contributed by atoms with Crippen molar-refractivity contribution >= 4 is 23.9 Å². The molecule has 1 aromatic carbocycles. The summed E-state index contributed by atoms with van der Waals surface area (Å²) in [5, 5.41) is 4.53. The Kier molecular flexibility index (Phi) is 5.22. The molecule has 31 heavy (non-hydrogen) atoms. The van der Waals surface area contributed by atoms with E-state index >= 15 is 0 Å². The smallest absolute Gasteiger partial charge is 0.328 e. The first-order valence-electron chi connectivity index (χ1n) is 9.89. The fourth-order valence-electron chi connectivity index (χ4n) is 3.96. The standard InChI is InChI=1S/C21H24N6O4/c1-13-10-14(2)27(23-13)20-22-18-17(25(20)11-15-8-6-5-7-9-15)19(29)26(12-16(28)31-4)21(30)24(18)3/h5-10,17-18H,11-12H2,1-4H3. The van der Waals surface area contributed by atoms with E-state index < -0.39 is 36.7 Å². The van der Waals surface area contributed by atoms with Crippen molar-refractivity contribution in [2.75, 3.05) is 20.7 Å². The Bertz CT molecular complexity index is 1060. The number of esters is 1. The van der Waals surface area contributed by atoms with E-state index in [9.17, 15) is 14.4 Å². The number of imide groups is 1. The summed E-state index contributed by atoms with van der Waals surface area (Å²) >= 11 is 0. The van der Waals surface area contributed by atoms with Crippen LogP contribution in [0.2, 0.25) is 0 Å². The lowest BCUT2D eigenvalue weighted by Gasteiger charge is -2.40. The number of ether oxygens (including phenoxy) is 1. The van der Waals surface area contributed by atoms with Crippen molar-refractivity contribution in [1.29, 1.82) is 0 Å². The van der Waals surface area contributed by atoms with Gasteiger partial charge in [0.15, 0.2) is 12.2 Å². The maximum absolute atomic E-state index is 13.4. The number of likely N-dealkylation sites (N-methyl/N-ethyl adjacent to an activating group) is 1. The molecule has 0 bridgehead atoms. The number of carbonyl (C=O) groups excluding carboxylic acids is 3. The fraction of sp³-hybridized carbons (Fsp3) is 0.381. The van der Waals surface area contributed by atoms with Gasteiger partial charge < -0.3 is 14.5 Å². The zero-order chi connectivity index (χ0) is 22.3.